The normalized spacial score (nSPS) is 14.7. The van der Waals surface area contributed by atoms with E-state index in [1.807, 2.05) is 23.1 Å². The number of amides is 1. The van der Waals surface area contributed by atoms with E-state index in [9.17, 15) is 4.79 Å². The largest absolute Gasteiger partial charge is 0.496 e. The zero-order chi connectivity index (χ0) is 13.7. The summed E-state index contributed by atoms with van der Waals surface area (Å²) in [6.45, 7) is 1.88. The molecule has 19 heavy (non-hydrogen) atoms. The Bertz CT molecular complexity index is 447. The number of carbonyl (C=O) groups excluding carboxylic acids is 1. The Labute approximate surface area is 126 Å². The Morgan fingerprint density at radius 2 is 2.16 bits per heavy atom. The fourth-order valence-corrected chi connectivity index (χ4v) is 3.58. The van der Waals surface area contributed by atoms with Crippen LogP contribution in [0.15, 0.2) is 22.7 Å². The molecule has 0 unspecified atom stereocenters. The molecule has 3 nitrogen and oxygen atoms in total. The smallest absolute Gasteiger partial charge is 0.232 e. The van der Waals surface area contributed by atoms with Gasteiger partial charge in [-0.2, -0.15) is 0 Å². The maximum atomic E-state index is 11.9. The van der Waals surface area contributed by atoms with Gasteiger partial charge in [-0.3, -0.25) is 4.79 Å². The van der Waals surface area contributed by atoms with Gasteiger partial charge in [-0.05, 0) is 46.5 Å². The lowest BCUT2D eigenvalue weighted by Gasteiger charge is -2.14. The molecule has 1 aliphatic rings. The predicted octanol–water partition coefficient (Wildman–Crippen LogP) is 3.31. The van der Waals surface area contributed by atoms with Crippen molar-refractivity contribution >= 4 is 33.6 Å². The van der Waals surface area contributed by atoms with Gasteiger partial charge >= 0.3 is 0 Å². The molecule has 0 aliphatic carbocycles. The Morgan fingerprint density at radius 1 is 1.42 bits per heavy atom. The second-order valence-corrected chi connectivity index (χ2v) is 6.39. The molecule has 1 aromatic carbocycles. The van der Waals surface area contributed by atoms with Crippen LogP contribution in [0.1, 0.15) is 18.4 Å². The van der Waals surface area contributed by atoms with E-state index in [-0.39, 0.29) is 5.91 Å². The van der Waals surface area contributed by atoms with Gasteiger partial charge in [0, 0.05) is 18.8 Å². The highest BCUT2D eigenvalue weighted by atomic mass is 79.9. The molecule has 2 rings (SSSR count). The lowest BCUT2D eigenvalue weighted by Crippen LogP contribution is -2.29. The summed E-state index contributed by atoms with van der Waals surface area (Å²) in [5, 5.41) is 0. The van der Waals surface area contributed by atoms with E-state index in [0.29, 0.717) is 5.75 Å². The molecule has 0 atom stereocenters. The molecule has 1 aromatic rings. The maximum absolute atomic E-state index is 11.9. The van der Waals surface area contributed by atoms with Crippen molar-refractivity contribution in [2.24, 2.45) is 0 Å². The number of carbonyl (C=O) groups is 1. The minimum Gasteiger partial charge on any atom is -0.496 e. The first-order valence-corrected chi connectivity index (χ1v) is 8.33. The van der Waals surface area contributed by atoms with Gasteiger partial charge in [-0.1, -0.05) is 6.07 Å². The molecule has 0 spiro atoms. The van der Waals surface area contributed by atoms with Crippen molar-refractivity contribution in [3.63, 3.8) is 0 Å². The molecule has 0 saturated carbocycles. The van der Waals surface area contributed by atoms with Crippen molar-refractivity contribution in [1.29, 1.82) is 0 Å². The van der Waals surface area contributed by atoms with Crippen LogP contribution in [0.2, 0.25) is 0 Å². The SMILES string of the molecule is COc1ccc(CSCC(=O)N2CCCC2)cc1Br. The molecular formula is C14H18BrNO2S. The van der Waals surface area contributed by atoms with Crippen LogP contribution in [-0.4, -0.2) is 36.8 Å². The third-order valence-corrected chi connectivity index (χ3v) is 4.78. The number of likely N-dealkylation sites (tertiary alicyclic amines) is 1. The van der Waals surface area contributed by atoms with E-state index in [0.717, 1.165) is 41.9 Å². The first-order chi connectivity index (χ1) is 9.20. The number of hydrogen-bond donors (Lipinski definition) is 0. The van der Waals surface area contributed by atoms with E-state index in [4.69, 9.17) is 4.74 Å². The lowest BCUT2D eigenvalue weighted by molar-refractivity contribution is -0.127. The minimum absolute atomic E-state index is 0.273. The summed E-state index contributed by atoms with van der Waals surface area (Å²) in [6, 6.07) is 6.03. The van der Waals surface area contributed by atoms with Crippen molar-refractivity contribution in [1.82, 2.24) is 4.90 Å². The first kappa shape index (κ1) is 14.7. The minimum atomic E-state index is 0.273. The van der Waals surface area contributed by atoms with Gasteiger partial charge in [0.1, 0.15) is 5.75 Å². The second-order valence-electron chi connectivity index (χ2n) is 4.55. The standard InChI is InChI=1S/C14H18BrNO2S/c1-18-13-5-4-11(8-12(13)15)9-19-10-14(17)16-6-2-3-7-16/h4-5,8H,2-3,6-7,9-10H2,1H3. The quantitative estimate of drug-likeness (QED) is 0.821. The summed E-state index contributed by atoms with van der Waals surface area (Å²) in [4.78, 5) is 13.8. The molecule has 104 valence electrons. The lowest BCUT2D eigenvalue weighted by atomic mass is 10.2. The molecule has 1 saturated heterocycles. The predicted molar refractivity (Wildman–Crippen MR) is 82.7 cm³/mol. The van der Waals surface area contributed by atoms with E-state index in [1.54, 1.807) is 18.9 Å². The molecule has 1 aliphatic heterocycles. The van der Waals surface area contributed by atoms with E-state index in [2.05, 4.69) is 15.9 Å². The number of benzene rings is 1. The topological polar surface area (TPSA) is 29.5 Å². The van der Waals surface area contributed by atoms with Crippen LogP contribution in [-0.2, 0) is 10.5 Å². The average Bonchev–Trinajstić information content (AvgIpc) is 2.93. The van der Waals surface area contributed by atoms with Gasteiger partial charge in [0.2, 0.25) is 5.91 Å². The van der Waals surface area contributed by atoms with Crippen LogP contribution in [0, 0.1) is 0 Å². The molecule has 1 fully saturated rings. The molecule has 0 bridgehead atoms. The molecule has 5 heteroatoms. The maximum Gasteiger partial charge on any atom is 0.232 e. The van der Waals surface area contributed by atoms with Crippen LogP contribution in [0.25, 0.3) is 0 Å². The molecule has 1 heterocycles. The number of nitrogens with zero attached hydrogens (tertiary/aromatic N) is 1. The van der Waals surface area contributed by atoms with Gasteiger partial charge in [0.05, 0.1) is 17.3 Å². The number of hydrogen-bond acceptors (Lipinski definition) is 3. The van der Waals surface area contributed by atoms with Gasteiger partial charge in [0.15, 0.2) is 0 Å². The highest BCUT2D eigenvalue weighted by Gasteiger charge is 2.17. The third kappa shape index (κ3) is 4.14. The molecule has 0 aromatic heterocycles. The van der Waals surface area contributed by atoms with Crippen LogP contribution in [0.4, 0.5) is 0 Å². The Balaban J connectivity index is 1.79. The summed E-state index contributed by atoms with van der Waals surface area (Å²) in [5.41, 5.74) is 1.20. The van der Waals surface area contributed by atoms with Gasteiger partial charge in [-0.15, -0.1) is 11.8 Å². The van der Waals surface area contributed by atoms with Gasteiger partial charge in [-0.25, -0.2) is 0 Å². The van der Waals surface area contributed by atoms with Crippen molar-refractivity contribution in [2.75, 3.05) is 26.0 Å². The van der Waals surface area contributed by atoms with E-state index >= 15 is 0 Å². The number of ether oxygens (including phenoxy) is 1. The number of methoxy groups -OCH3 is 1. The highest BCUT2D eigenvalue weighted by molar-refractivity contribution is 9.10. The summed E-state index contributed by atoms with van der Waals surface area (Å²) in [6.07, 6.45) is 2.31. The van der Waals surface area contributed by atoms with Crippen LogP contribution < -0.4 is 4.74 Å². The summed E-state index contributed by atoms with van der Waals surface area (Å²) in [5.74, 6) is 2.53. The van der Waals surface area contributed by atoms with Crippen molar-refractivity contribution in [3.05, 3.63) is 28.2 Å². The molecular weight excluding hydrogens is 326 g/mol. The second kappa shape index (κ2) is 7.20. The monoisotopic (exact) mass is 343 g/mol. The summed E-state index contributed by atoms with van der Waals surface area (Å²) >= 11 is 5.14. The summed E-state index contributed by atoms with van der Waals surface area (Å²) in [7, 11) is 1.66. The third-order valence-electron chi connectivity index (χ3n) is 3.17. The number of rotatable bonds is 5. The molecule has 0 radical (unpaired) electrons. The Kier molecular flexibility index (Phi) is 5.58. The van der Waals surface area contributed by atoms with E-state index in [1.165, 1.54) is 5.56 Å². The van der Waals surface area contributed by atoms with Crippen LogP contribution in [0.3, 0.4) is 0 Å². The van der Waals surface area contributed by atoms with Crippen molar-refractivity contribution in [2.45, 2.75) is 18.6 Å². The Morgan fingerprint density at radius 3 is 2.79 bits per heavy atom. The molecule has 1 amide bonds. The van der Waals surface area contributed by atoms with Gasteiger partial charge < -0.3 is 9.64 Å². The summed E-state index contributed by atoms with van der Waals surface area (Å²) < 4.78 is 6.15. The van der Waals surface area contributed by atoms with Gasteiger partial charge in [0.25, 0.3) is 0 Å². The zero-order valence-electron chi connectivity index (χ0n) is 11.0. The number of thioether (sulfide) groups is 1. The average molecular weight is 344 g/mol. The highest BCUT2D eigenvalue weighted by Crippen LogP contribution is 2.27. The van der Waals surface area contributed by atoms with E-state index < -0.39 is 0 Å². The van der Waals surface area contributed by atoms with Crippen LogP contribution >= 0.6 is 27.7 Å². The fourth-order valence-electron chi connectivity index (χ4n) is 2.11. The fraction of sp³-hybridized carbons (Fsp3) is 0.500. The van der Waals surface area contributed by atoms with Crippen molar-refractivity contribution < 1.29 is 9.53 Å². The molecule has 0 N–H and O–H groups in total. The zero-order valence-corrected chi connectivity index (χ0v) is 13.4. The number of halogens is 1. The Hall–Kier alpha value is -0.680. The van der Waals surface area contributed by atoms with Crippen molar-refractivity contribution in [3.8, 4) is 5.75 Å². The van der Waals surface area contributed by atoms with Crippen LogP contribution in [0.5, 0.6) is 5.75 Å². The first-order valence-electron chi connectivity index (χ1n) is 6.38.